The molecule has 0 aliphatic heterocycles. The highest BCUT2D eigenvalue weighted by Crippen LogP contribution is 2.14. The van der Waals surface area contributed by atoms with E-state index < -0.39 is 0 Å². The minimum atomic E-state index is 0.775. The van der Waals surface area contributed by atoms with E-state index in [2.05, 4.69) is 5.32 Å². The van der Waals surface area contributed by atoms with Crippen molar-refractivity contribution >= 4 is 17.3 Å². The number of unbranched alkanes of at least 4 members (excludes halogenated alkanes) is 2. The molecule has 1 aromatic carbocycles. The van der Waals surface area contributed by atoms with Crippen molar-refractivity contribution in [2.75, 3.05) is 18.4 Å². The zero-order valence-corrected chi connectivity index (χ0v) is 9.06. The molecule has 3 heteroatoms. The molecule has 1 rings (SSSR count). The van der Waals surface area contributed by atoms with Crippen LogP contribution in [0.1, 0.15) is 19.3 Å². The Bertz CT molecular complexity index is 263. The van der Waals surface area contributed by atoms with Crippen molar-refractivity contribution in [3.8, 4) is 0 Å². The Morgan fingerprint density at radius 1 is 1.21 bits per heavy atom. The molecule has 0 heterocycles. The lowest BCUT2D eigenvalue weighted by Gasteiger charge is -2.05. The lowest BCUT2D eigenvalue weighted by atomic mass is 10.2. The summed E-state index contributed by atoms with van der Waals surface area (Å²) >= 11 is 5.85. The average Bonchev–Trinajstić information content (AvgIpc) is 2.18. The Labute approximate surface area is 90.4 Å². The smallest absolute Gasteiger partial charge is 0.0426 e. The largest absolute Gasteiger partial charge is 0.385 e. The molecule has 0 aliphatic carbocycles. The van der Waals surface area contributed by atoms with Crippen molar-refractivity contribution in [2.24, 2.45) is 5.73 Å². The standard InChI is InChI=1S/C11H17ClN2/c12-10-5-4-6-11(9-10)14-8-3-1-2-7-13/h4-6,9,14H,1-3,7-8,13H2. The summed E-state index contributed by atoms with van der Waals surface area (Å²) in [5.41, 5.74) is 6.49. The van der Waals surface area contributed by atoms with E-state index >= 15 is 0 Å². The molecule has 0 atom stereocenters. The van der Waals surface area contributed by atoms with Crippen LogP contribution in [0.4, 0.5) is 5.69 Å². The van der Waals surface area contributed by atoms with Crippen LogP contribution in [-0.4, -0.2) is 13.1 Å². The third-order valence-corrected chi connectivity index (χ3v) is 2.27. The molecule has 78 valence electrons. The van der Waals surface area contributed by atoms with Gasteiger partial charge in [-0.25, -0.2) is 0 Å². The first-order valence-electron chi connectivity index (χ1n) is 5.02. The van der Waals surface area contributed by atoms with Gasteiger partial charge in [-0.1, -0.05) is 24.1 Å². The Morgan fingerprint density at radius 2 is 2.07 bits per heavy atom. The first kappa shape index (κ1) is 11.3. The SMILES string of the molecule is NCCCCCNc1cccc(Cl)c1. The van der Waals surface area contributed by atoms with Gasteiger partial charge < -0.3 is 11.1 Å². The molecule has 0 aliphatic rings. The van der Waals surface area contributed by atoms with Crippen LogP contribution in [0.3, 0.4) is 0 Å². The maximum Gasteiger partial charge on any atom is 0.0426 e. The van der Waals surface area contributed by atoms with Gasteiger partial charge in [-0.3, -0.25) is 0 Å². The van der Waals surface area contributed by atoms with E-state index in [4.69, 9.17) is 17.3 Å². The molecule has 0 radical (unpaired) electrons. The number of nitrogens with one attached hydrogen (secondary N) is 1. The number of anilines is 1. The highest BCUT2D eigenvalue weighted by Gasteiger charge is 1.92. The molecular formula is C11H17ClN2. The summed E-state index contributed by atoms with van der Waals surface area (Å²) in [6.45, 7) is 1.78. The molecule has 0 saturated heterocycles. The molecule has 0 aromatic heterocycles. The van der Waals surface area contributed by atoms with E-state index in [1.807, 2.05) is 24.3 Å². The summed E-state index contributed by atoms with van der Waals surface area (Å²) in [5.74, 6) is 0. The molecule has 0 bridgehead atoms. The van der Waals surface area contributed by atoms with E-state index in [0.29, 0.717) is 0 Å². The van der Waals surface area contributed by atoms with Crippen LogP contribution in [0.5, 0.6) is 0 Å². The highest BCUT2D eigenvalue weighted by molar-refractivity contribution is 6.30. The molecule has 3 N–H and O–H groups in total. The third kappa shape index (κ3) is 4.49. The van der Waals surface area contributed by atoms with Crippen molar-refractivity contribution < 1.29 is 0 Å². The topological polar surface area (TPSA) is 38.0 Å². The molecular weight excluding hydrogens is 196 g/mol. The van der Waals surface area contributed by atoms with Gasteiger partial charge in [-0.15, -0.1) is 0 Å². The zero-order chi connectivity index (χ0) is 10.2. The molecule has 0 saturated carbocycles. The average molecular weight is 213 g/mol. The van der Waals surface area contributed by atoms with E-state index in [1.165, 1.54) is 6.42 Å². The maximum absolute atomic E-state index is 5.85. The minimum absolute atomic E-state index is 0.775. The van der Waals surface area contributed by atoms with Gasteiger partial charge in [0, 0.05) is 17.3 Å². The predicted octanol–water partition coefficient (Wildman–Crippen LogP) is 2.88. The monoisotopic (exact) mass is 212 g/mol. The number of halogens is 1. The van der Waals surface area contributed by atoms with Crippen LogP contribution in [0.25, 0.3) is 0 Å². The Balaban J connectivity index is 2.18. The fraction of sp³-hybridized carbons (Fsp3) is 0.455. The van der Waals surface area contributed by atoms with E-state index in [9.17, 15) is 0 Å². The van der Waals surface area contributed by atoms with Gasteiger partial charge >= 0.3 is 0 Å². The highest BCUT2D eigenvalue weighted by atomic mass is 35.5. The van der Waals surface area contributed by atoms with Crippen molar-refractivity contribution in [1.82, 2.24) is 0 Å². The first-order valence-corrected chi connectivity index (χ1v) is 5.40. The van der Waals surface area contributed by atoms with Gasteiger partial charge in [-0.2, -0.15) is 0 Å². The van der Waals surface area contributed by atoms with Crippen molar-refractivity contribution in [3.63, 3.8) is 0 Å². The minimum Gasteiger partial charge on any atom is -0.385 e. The lowest BCUT2D eigenvalue weighted by Crippen LogP contribution is -2.03. The zero-order valence-electron chi connectivity index (χ0n) is 8.30. The summed E-state index contributed by atoms with van der Waals surface area (Å²) in [6.07, 6.45) is 3.45. The molecule has 0 spiro atoms. The Hall–Kier alpha value is -0.730. The maximum atomic E-state index is 5.85. The molecule has 0 amide bonds. The quantitative estimate of drug-likeness (QED) is 0.712. The van der Waals surface area contributed by atoms with Gasteiger partial charge in [0.25, 0.3) is 0 Å². The molecule has 2 nitrogen and oxygen atoms in total. The summed E-state index contributed by atoms with van der Waals surface area (Å²) in [4.78, 5) is 0. The molecule has 0 unspecified atom stereocenters. The van der Waals surface area contributed by atoms with Gasteiger partial charge in [0.15, 0.2) is 0 Å². The molecule has 1 aromatic rings. The van der Waals surface area contributed by atoms with Crippen molar-refractivity contribution in [3.05, 3.63) is 29.3 Å². The first-order chi connectivity index (χ1) is 6.83. The third-order valence-electron chi connectivity index (χ3n) is 2.03. The van der Waals surface area contributed by atoms with Crippen LogP contribution in [0.2, 0.25) is 5.02 Å². The van der Waals surface area contributed by atoms with E-state index in [0.717, 1.165) is 36.6 Å². The summed E-state index contributed by atoms with van der Waals surface area (Å²) < 4.78 is 0. The number of nitrogens with two attached hydrogens (primary N) is 1. The second-order valence-corrected chi connectivity index (χ2v) is 3.72. The van der Waals surface area contributed by atoms with Crippen molar-refractivity contribution in [2.45, 2.75) is 19.3 Å². The predicted molar refractivity (Wildman–Crippen MR) is 62.8 cm³/mol. The molecule has 0 fully saturated rings. The van der Waals surface area contributed by atoms with Crippen LogP contribution in [0.15, 0.2) is 24.3 Å². The number of hydrogen-bond acceptors (Lipinski definition) is 2. The number of hydrogen-bond donors (Lipinski definition) is 2. The van der Waals surface area contributed by atoms with E-state index in [1.54, 1.807) is 0 Å². The summed E-state index contributed by atoms with van der Waals surface area (Å²) in [6, 6.07) is 7.78. The normalized spacial score (nSPS) is 10.1. The van der Waals surface area contributed by atoms with Crippen molar-refractivity contribution in [1.29, 1.82) is 0 Å². The molecule has 14 heavy (non-hydrogen) atoms. The lowest BCUT2D eigenvalue weighted by molar-refractivity contribution is 0.707. The van der Waals surface area contributed by atoms with Crippen LogP contribution in [0, 0.1) is 0 Å². The number of rotatable bonds is 6. The fourth-order valence-corrected chi connectivity index (χ4v) is 1.47. The summed E-state index contributed by atoms with van der Waals surface area (Å²) in [5, 5.41) is 4.09. The Kier molecular flexibility index (Phi) is 5.42. The van der Waals surface area contributed by atoms with Crippen LogP contribution >= 0.6 is 11.6 Å². The second kappa shape index (κ2) is 6.68. The van der Waals surface area contributed by atoms with E-state index in [-0.39, 0.29) is 0 Å². The van der Waals surface area contributed by atoms with Gasteiger partial charge in [-0.05, 0) is 37.6 Å². The second-order valence-electron chi connectivity index (χ2n) is 3.29. The van der Waals surface area contributed by atoms with Gasteiger partial charge in [0.05, 0.1) is 0 Å². The van der Waals surface area contributed by atoms with Gasteiger partial charge in [0.1, 0.15) is 0 Å². The fourth-order valence-electron chi connectivity index (χ4n) is 1.28. The van der Waals surface area contributed by atoms with Gasteiger partial charge in [0.2, 0.25) is 0 Å². The number of benzene rings is 1. The summed E-state index contributed by atoms with van der Waals surface area (Å²) in [7, 11) is 0. The van der Waals surface area contributed by atoms with Crippen LogP contribution < -0.4 is 11.1 Å². The van der Waals surface area contributed by atoms with Crippen LogP contribution in [-0.2, 0) is 0 Å². The Morgan fingerprint density at radius 3 is 2.79 bits per heavy atom.